The molecular formula is C17H22N2O4. The van der Waals surface area contributed by atoms with Gasteiger partial charge in [0.1, 0.15) is 5.75 Å². The third kappa shape index (κ3) is 3.64. The van der Waals surface area contributed by atoms with Crippen molar-refractivity contribution in [3.8, 4) is 5.75 Å². The van der Waals surface area contributed by atoms with Gasteiger partial charge in [-0.2, -0.15) is 0 Å². The molecule has 0 aromatic heterocycles. The van der Waals surface area contributed by atoms with Gasteiger partial charge in [0, 0.05) is 26.1 Å². The van der Waals surface area contributed by atoms with Gasteiger partial charge in [-0.05, 0) is 31.0 Å². The summed E-state index contributed by atoms with van der Waals surface area (Å²) in [5.74, 6) is 0.822. The summed E-state index contributed by atoms with van der Waals surface area (Å²) in [5, 5.41) is 0. The normalized spacial score (nSPS) is 17.7. The van der Waals surface area contributed by atoms with Gasteiger partial charge in [0.25, 0.3) is 5.91 Å². The summed E-state index contributed by atoms with van der Waals surface area (Å²) < 4.78 is 10.7. The van der Waals surface area contributed by atoms with Crippen LogP contribution >= 0.6 is 0 Å². The van der Waals surface area contributed by atoms with Gasteiger partial charge in [0.2, 0.25) is 5.91 Å². The topological polar surface area (TPSA) is 59.1 Å². The van der Waals surface area contributed by atoms with E-state index in [0.29, 0.717) is 45.7 Å². The number of carbonyl (C=O) groups is 2. The van der Waals surface area contributed by atoms with Crippen molar-refractivity contribution in [2.75, 3.05) is 44.4 Å². The lowest BCUT2D eigenvalue weighted by atomic mass is 10.1. The predicted octanol–water partition coefficient (Wildman–Crippen LogP) is 1.36. The third-order valence-electron chi connectivity index (χ3n) is 4.19. The Bertz CT molecular complexity index is 596. The first-order chi connectivity index (χ1) is 11.1. The van der Waals surface area contributed by atoms with Gasteiger partial charge in [0.15, 0.2) is 6.61 Å². The minimum absolute atomic E-state index is 0.0554. The van der Waals surface area contributed by atoms with E-state index in [0.717, 1.165) is 17.0 Å². The Morgan fingerprint density at radius 1 is 1.26 bits per heavy atom. The number of fused-ring (bicyclic) bond motifs is 1. The average Bonchev–Trinajstić information content (AvgIpc) is 2.57. The molecule has 1 aromatic carbocycles. The first-order valence-corrected chi connectivity index (χ1v) is 8.04. The number of anilines is 1. The second-order valence-corrected chi connectivity index (χ2v) is 5.90. The quantitative estimate of drug-likeness (QED) is 0.841. The van der Waals surface area contributed by atoms with Crippen LogP contribution in [0, 0.1) is 6.92 Å². The molecule has 0 spiro atoms. The first-order valence-electron chi connectivity index (χ1n) is 8.04. The number of carbonyl (C=O) groups excluding carboxylic acids is 2. The van der Waals surface area contributed by atoms with Gasteiger partial charge < -0.3 is 19.3 Å². The van der Waals surface area contributed by atoms with Crippen molar-refractivity contribution >= 4 is 17.5 Å². The highest BCUT2D eigenvalue weighted by Crippen LogP contribution is 2.32. The molecule has 1 aromatic rings. The van der Waals surface area contributed by atoms with Crippen molar-refractivity contribution in [2.24, 2.45) is 0 Å². The summed E-state index contributed by atoms with van der Waals surface area (Å²) in [6.45, 7) is 5.14. The Labute approximate surface area is 136 Å². The Morgan fingerprint density at radius 3 is 2.83 bits per heavy atom. The van der Waals surface area contributed by atoms with Gasteiger partial charge in [0.05, 0.1) is 18.9 Å². The second-order valence-electron chi connectivity index (χ2n) is 5.90. The van der Waals surface area contributed by atoms with Crippen LogP contribution < -0.4 is 9.64 Å². The van der Waals surface area contributed by atoms with E-state index in [4.69, 9.17) is 9.47 Å². The lowest BCUT2D eigenvalue weighted by Gasteiger charge is -2.30. The van der Waals surface area contributed by atoms with Crippen LogP contribution in [-0.4, -0.2) is 56.2 Å². The highest BCUT2D eigenvalue weighted by atomic mass is 16.5. The molecule has 0 atom stereocenters. The molecular weight excluding hydrogens is 296 g/mol. The molecule has 2 aliphatic rings. The first kappa shape index (κ1) is 15.8. The fraction of sp³-hybridized carbons (Fsp3) is 0.529. The molecule has 0 unspecified atom stereocenters. The molecule has 6 nitrogen and oxygen atoms in total. The van der Waals surface area contributed by atoms with Crippen LogP contribution in [0.5, 0.6) is 5.75 Å². The van der Waals surface area contributed by atoms with Crippen LogP contribution in [0.4, 0.5) is 5.69 Å². The second kappa shape index (κ2) is 7.00. The minimum Gasteiger partial charge on any atom is -0.482 e. The molecule has 124 valence electrons. The maximum Gasteiger partial charge on any atom is 0.265 e. The molecule has 3 rings (SSSR count). The lowest BCUT2D eigenvalue weighted by Crippen LogP contribution is -2.42. The van der Waals surface area contributed by atoms with E-state index in [-0.39, 0.29) is 18.4 Å². The molecule has 0 radical (unpaired) electrons. The number of nitrogens with zero attached hydrogens (tertiary/aromatic N) is 2. The van der Waals surface area contributed by atoms with Gasteiger partial charge in [-0.1, -0.05) is 6.07 Å². The fourth-order valence-electron chi connectivity index (χ4n) is 2.92. The number of hydrogen-bond acceptors (Lipinski definition) is 4. The zero-order chi connectivity index (χ0) is 16.2. The summed E-state index contributed by atoms with van der Waals surface area (Å²) in [6.07, 6.45) is 1.10. The molecule has 0 N–H and O–H groups in total. The van der Waals surface area contributed by atoms with Crippen LogP contribution in [0.25, 0.3) is 0 Å². The molecule has 0 bridgehead atoms. The molecule has 1 saturated heterocycles. The number of rotatable bonds is 4. The maximum absolute atomic E-state index is 12.2. The van der Waals surface area contributed by atoms with Crippen LogP contribution in [0.3, 0.4) is 0 Å². The van der Waals surface area contributed by atoms with E-state index in [1.165, 1.54) is 0 Å². The van der Waals surface area contributed by atoms with Gasteiger partial charge >= 0.3 is 0 Å². The number of benzene rings is 1. The van der Waals surface area contributed by atoms with E-state index >= 15 is 0 Å². The smallest absolute Gasteiger partial charge is 0.265 e. The highest BCUT2D eigenvalue weighted by Gasteiger charge is 2.25. The Balaban J connectivity index is 1.57. The van der Waals surface area contributed by atoms with Crippen LogP contribution in [-0.2, 0) is 14.3 Å². The molecule has 23 heavy (non-hydrogen) atoms. The van der Waals surface area contributed by atoms with Crippen LogP contribution in [0.2, 0.25) is 0 Å². The summed E-state index contributed by atoms with van der Waals surface area (Å²) in [5.41, 5.74) is 1.89. The Kier molecular flexibility index (Phi) is 4.81. The summed E-state index contributed by atoms with van der Waals surface area (Å²) in [7, 11) is 0. The van der Waals surface area contributed by atoms with Crippen molar-refractivity contribution in [3.05, 3.63) is 23.8 Å². The molecule has 2 amide bonds. The lowest BCUT2D eigenvalue weighted by molar-refractivity contribution is -0.135. The molecule has 2 heterocycles. The van der Waals surface area contributed by atoms with Crippen molar-refractivity contribution in [3.63, 3.8) is 0 Å². The molecule has 2 aliphatic heterocycles. The van der Waals surface area contributed by atoms with Crippen molar-refractivity contribution in [1.82, 2.24) is 4.90 Å². The van der Waals surface area contributed by atoms with Crippen molar-refractivity contribution < 1.29 is 19.1 Å². The zero-order valence-corrected chi connectivity index (χ0v) is 13.4. The van der Waals surface area contributed by atoms with Gasteiger partial charge in [-0.15, -0.1) is 0 Å². The average molecular weight is 318 g/mol. The van der Waals surface area contributed by atoms with E-state index in [2.05, 4.69) is 0 Å². The van der Waals surface area contributed by atoms with E-state index in [1.54, 1.807) is 4.90 Å². The van der Waals surface area contributed by atoms with Crippen molar-refractivity contribution in [1.29, 1.82) is 0 Å². The number of morpholine rings is 1. The predicted molar refractivity (Wildman–Crippen MR) is 85.7 cm³/mol. The minimum atomic E-state index is -0.0554. The van der Waals surface area contributed by atoms with Crippen LogP contribution in [0.15, 0.2) is 18.2 Å². The van der Waals surface area contributed by atoms with E-state index in [9.17, 15) is 9.59 Å². The molecule has 0 saturated carbocycles. The summed E-state index contributed by atoms with van der Waals surface area (Å²) in [4.78, 5) is 27.8. The molecule has 6 heteroatoms. The highest BCUT2D eigenvalue weighted by molar-refractivity contribution is 5.97. The van der Waals surface area contributed by atoms with Crippen LogP contribution in [0.1, 0.15) is 18.4 Å². The fourth-order valence-corrected chi connectivity index (χ4v) is 2.92. The maximum atomic E-state index is 12.2. The number of aryl methyl sites for hydroxylation is 1. The Hall–Kier alpha value is -2.08. The standard InChI is InChI=1S/C17H22N2O4/c1-13-4-5-14-15(11-13)23-12-17(21)19(14)6-2-3-16(20)18-7-9-22-10-8-18/h4-5,11H,2-3,6-10,12H2,1H3. The van der Waals surface area contributed by atoms with Crippen molar-refractivity contribution in [2.45, 2.75) is 19.8 Å². The Morgan fingerprint density at radius 2 is 2.04 bits per heavy atom. The number of amides is 2. The number of hydrogen-bond donors (Lipinski definition) is 0. The zero-order valence-electron chi connectivity index (χ0n) is 13.4. The van der Waals surface area contributed by atoms with Gasteiger partial charge in [-0.25, -0.2) is 0 Å². The molecule has 0 aliphatic carbocycles. The summed E-state index contributed by atoms with van der Waals surface area (Å²) in [6, 6.07) is 5.81. The third-order valence-corrected chi connectivity index (χ3v) is 4.19. The SMILES string of the molecule is Cc1ccc2c(c1)OCC(=O)N2CCCC(=O)N1CCOCC1. The molecule has 1 fully saturated rings. The monoisotopic (exact) mass is 318 g/mol. The largest absolute Gasteiger partial charge is 0.482 e. The van der Waals surface area contributed by atoms with Gasteiger partial charge in [-0.3, -0.25) is 9.59 Å². The number of ether oxygens (including phenoxy) is 2. The van der Waals surface area contributed by atoms with E-state index in [1.807, 2.05) is 30.0 Å². The summed E-state index contributed by atoms with van der Waals surface area (Å²) >= 11 is 0. The van der Waals surface area contributed by atoms with E-state index < -0.39 is 0 Å².